The van der Waals surface area contributed by atoms with Gasteiger partial charge in [-0.05, 0) is 49.7 Å². The second-order valence-electron chi connectivity index (χ2n) is 4.97. The predicted molar refractivity (Wildman–Crippen MR) is 83.5 cm³/mol. The standard InChI is InChI=1S/C18H18O4/c1-3-22-16-9-7-13(8-10-16)17(19)15-6-4-5-14(11-15)12(2)18(20)21/h4-12H,3H2,1-2H3,(H,20,21). The molecule has 0 radical (unpaired) electrons. The number of rotatable bonds is 6. The summed E-state index contributed by atoms with van der Waals surface area (Å²) in [5.74, 6) is -0.978. The largest absolute Gasteiger partial charge is 0.494 e. The lowest BCUT2D eigenvalue weighted by atomic mass is 9.96. The molecule has 0 aliphatic rings. The molecule has 1 atom stereocenters. The molecule has 0 bridgehead atoms. The average molecular weight is 298 g/mol. The van der Waals surface area contributed by atoms with Gasteiger partial charge in [-0.15, -0.1) is 0 Å². The number of carboxylic acids is 1. The van der Waals surface area contributed by atoms with Crippen molar-refractivity contribution >= 4 is 11.8 Å². The Bertz CT molecular complexity index is 674. The Morgan fingerprint density at radius 3 is 2.36 bits per heavy atom. The highest BCUT2D eigenvalue weighted by Gasteiger charge is 2.16. The van der Waals surface area contributed by atoms with Gasteiger partial charge in [-0.2, -0.15) is 0 Å². The monoisotopic (exact) mass is 298 g/mol. The fourth-order valence-corrected chi connectivity index (χ4v) is 2.13. The average Bonchev–Trinajstić information content (AvgIpc) is 2.54. The number of ether oxygens (including phenoxy) is 1. The number of carbonyl (C=O) groups is 2. The molecule has 2 rings (SSSR count). The minimum absolute atomic E-state index is 0.137. The summed E-state index contributed by atoms with van der Waals surface area (Å²) in [7, 11) is 0. The first kappa shape index (κ1) is 15.8. The highest BCUT2D eigenvalue weighted by atomic mass is 16.5. The van der Waals surface area contributed by atoms with Gasteiger partial charge in [0.15, 0.2) is 5.78 Å². The molecule has 0 heterocycles. The van der Waals surface area contributed by atoms with Crippen LogP contribution < -0.4 is 4.74 Å². The lowest BCUT2D eigenvalue weighted by Gasteiger charge is -2.09. The Hall–Kier alpha value is -2.62. The van der Waals surface area contributed by atoms with Gasteiger partial charge in [0.05, 0.1) is 12.5 Å². The van der Waals surface area contributed by atoms with Gasteiger partial charge in [0.1, 0.15) is 5.75 Å². The van der Waals surface area contributed by atoms with E-state index in [2.05, 4.69) is 0 Å². The van der Waals surface area contributed by atoms with Crippen LogP contribution in [0.25, 0.3) is 0 Å². The Balaban J connectivity index is 2.25. The van der Waals surface area contributed by atoms with Gasteiger partial charge in [0.2, 0.25) is 0 Å². The van der Waals surface area contributed by atoms with Crippen molar-refractivity contribution in [2.24, 2.45) is 0 Å². The summed E-state index contributed by atoms with van der Waals surface area (Å²) >= 11 is 0. The molecule has 2 aromatic carbocycles. The van der Waals surface area contributed by atoms with Crippen LogP contribution in [0, 0.1) is 0 Å². The minimum atomic E-state index is -0.911. The number of aliphatic carboxylic acids is 1. The second kappa shape index (κ2) is 6.89. The molecule has 4 heteroatoms. The summed E-state index contributed by atoms with van der Waals surface area (Å²) in [5.41, 5.74) is 1.64. The molecule has 1 N–H and O–H groups in total. The first-order valence-corrected chi connectivity index (χ1v) is 7.13. The number of hydrogen-bond donors (Lipinski definition) is 1. The predicted octanol–water partition coefficient (Wildman–Crippen LogP) is 3.50. The maximum atomic E-state index is 12.5. The van der Waals surface area contributed by atoms with Gasteiger partial charge in [-0.25, -0.2) is 0 Å². The molecule has 1 unspecified atom stereocenters. The van der Waals surface area contributed by atoms with Crippen LogP contribution in [0.1, 0.15) is 41.3 Å². The molecule has 0 aliphatic carbocycles. The first-order chi connectivity index (χ1) is 10.5. The van der Waals surface area contributed by atoms with Gasteiger partial charge < -0.3 is 9.84 Å². The molecule has 114 valence electrons. The molecule has 0 saturated carbocycles. The van der Waals surface area contributed by atoms with Crippen LogP contribution in [0.5, 0.6) is 5.75 Å². The zero-order valence-corrected chi connectivity index (χ0v) is 12.6. The third-order valence-electron chi connectivity index (χ3n) is 3.45. The van der Waals surface area contributed by atoms with Crippen LogP contribution in [-0.4, -0.2) is 23.5 Å². The molecule has 0 saturated heterocycles. The maximum absolute atomic E-state index is 12.5. The fraction of sp³-hybridized carbons (Fsp3) is 0.222. The zero-order chi connectivity index (χ0) is 16.1. The second-order valence-corrected chi connectivity index (χ2v) is 4.97. The van der Waals surface area contributed by atoms with E-state index in [-0.39, 0.29) is 5.78 Å². The van der Waals surface area contributed by atoms with Crippen LogP contribution >= 0.6 is 0 Å². The lowest BCUT2D eigenvalue weighted by molar-refractivity contribution is -0.138. The third-order valence-corrected chi connectivity index (χ3v) is 3.45. The molecule has 0 aromatic heterocycles. The molecule has 0 amide bonds. The smallest absolute Gasteiger partial charge is 0.310 e. The van der Waals surface area contributed by atoms with Crippen molar-refractivity contribution in [1.29, 1.82) is 0 Å². The van der Waals surface area contributed by atoms with Gasteiger partial charge >= 0.3 is 5.97 Å². The molecule has 0 aliphatic heterocycles. The van der Waals surface area contributed by atoms with E-state index in [9.17, 15) is 9.59 Å². The van der Waals surface area contributed by atoms with E-state index in [1.54, 1.807) is 55.5 Å². The molecular weight excluding hydrogens is 280 g/mol. The Kier molecular flexibility index (Phi) is 4.94. The Morgan fingerprint density at radius 2 is 1.77 bits per heavy atom. The van der Waals surface area contributed by atoms with Gasteiger partial charge in [0.25, 0.3) is 0 Å². The number of benzene rings is 2. The van der Waals surface area contributed by atoms with E-state index in [0.29, 0.717) is 29.0 Å². The number of hydrogen-bond acceptors (Lipinski definition) is 3. The fourth-order valence-electron chi connectivity index (χ4n) is 2.13. The quantitative estimate of drug-likeness (QED) is 0.829. The maximum Gasteiger partial charge on any atom is 0.310 e. The number of carboxylic acid groups (broad SMARTS) is 1. The van der Waals surface area contributed by atoms with E-state index >= 15 is 0 Å². The molecule has 2 aromatic rings. The van der Waals surface area contributed by atoms with Crippen LogP contribution in [0.4, 0.5) is 0 Å². The summed E-state index contributed by atoms with van der Waals surface area (Å²) in [5, 5.41) is 9.06. The molecular formula is C18H18O4. The first-order valence-electron chi connectivity index (χ1n) is 7.13. The van der Waals surface area contributed by atoms with E-state index in [1.807, 2.05) is 6.92 Å². The topological polar surface area (TPSA) is 63.6 Å². The highest BCUT2D eigenvalue weighted by Crippen LogP contribution is 2.20. The van der Waals surface area contributed by atoms with E-state index in [1.165, 1.54) is 0 Å². The summed E-state index contributed by atoms with van der Waals surface area (Å²) in [6.07, 6.45) is 0. The summed E-state index contributed by atoms with van der Waals surface area (Å²) in [6, 6.07) is 13.7. The Labute approximate surface area is 129 Å². The Morgan fingerprint density at radius 1 is 1.09 bits per heavy atom. The van der Waals surface area contributed by atoms with Crippen molar-refractivity contribution in [2.45, 2.75) is 19.8 Å². The van der Waals surface area contributed by atoms with Crippen molar-refractivity contribution in [3.63, 3.8) is 0 Å². The van der Waals surface area contributed by atoms with Crippen molar-refractivity contribution in [1.82, 2.24) is 0 Å². The number of ketones is 1. The van der Waals surface area contributed by atoms with Crippen molar-refractivity contribution in [3.8, 4) is 5.75 Å². The van der Waals surface area contributed by atoms with Crippen LogP contribution in [0.3, 0.4) is 0 Å². The molecule has 22 heavy (non-hydrogen) atoms. The van der Waals surface area contributed by atoms with E-state index in [0.717, 1.165) is 0 Å². The van der Waals surface area contributed by atoms with Crippen LogP contribution in [0.2, 0.25) is 0 Å². The lowest BCUT2D eigenvalue weighted by Crippen LogP contribution is -2.09. The van der Waals surface area contributed by atoms with Crippen molar-refractivity contribution in [3.05, 3.63) is 65.2 Å². The van der Waals surface area contributed by atoms with Crippen molar-refractivity contribution in [2.75, 3.05) is 6.61 Å². The minimum Gasteiger partial charge on any atom is -0.494 e. The zero-order valence-electron chi connectivity index (χ0n) is 12.6. The van der Waals surface area contributed by atoms with Crippen LogP contribution in [0.15, 0.2) is 48.5 Å². The summed E-state index contributed by atoms with van der Waals surface area (Å²) < 4.78 is 5.35. The van der Waals surface area contributed by atoms with Gasteiger partial charge in [0, 0.05) is 11.1 Å². The highest BCUT2D eigenvalue weighted by molar-refractivity contribution is 6.09. The van der Waals surface area contributed by atoms with E-state index < -0.39 is 11.9 Å². The van der Waals surface area contributed by atoms with Gasteiger partial charge in [-0.3, -0.25) is 9.59 Å². The molecule has 0 fully saturated rings. The van der Waals surface area contributed by atoms with E-state index in [4.69, 9.17) is 9.84 Å². The molecule has 0 spiro atoms. The summed E-state index contributed by atoms with van der Waals surface area (Å²) in [4.78, 5) is 23.5. The number of carbonyl (C=O) groups excluding carboxylic acids is 1. The van der Waals surface area contributed by atoms with Gasteiger partial charge in [-0.1, -0.05) is 18.2 Å². The normalized spacial score (nSPS) is 11.7. The SMILES string of the molecule is CCOc1ccc(C(=O)c2cccc(C(C)C(=O)O)c2)cc1. The third kappa shape index (κ3) is 3.52. The van der Waals surface area contributed by atoms with Crippen molar-refractivity contribution < 1.29 is 19.4 Å². The van der Waals surface area contributed by atoms with Crippen LogP contribution in [-0.2, 0) is 4.79 Å². The summed E-state index contributed by atoms with van der Waals surface area (Å²) in [6.45, 7) is 4.07. The molecule has 4 nitrogen and oxygen atoms in total.